The van der Waals surface area contributed by atoms with Crippen LogP contribution in [0.5, 0.6) is 0 Å². The molecule has 0 aromatic carbocycles. The van der Waals surface area contributed by atoms with Crippen LogP contribution in [0.3, 0.4) is 0 Å². The van der Waals surface area contributed by atoms with Crippen LogP contribution in [0.4, 0.5) is 0 Å². The maximum Gasteiger partial charge on any atom is 0.137 e. The molecule has 0 radical (unpaired) electrons. The van der Waals surface area contributed by atoms with E-state index in [1.165, 1.54) is 25.0 Å². The highest BCUT2D eigenvalue weighted by atomic mass is 15.5. The number of hydrogen-bond donors (Lipinski definition) is 1. The molecule has 20 heavy (non-hydrogen) atoms. The number of aryl methyl sites for hydroxylation is 1. The second-order valence-corrected chi connectivity index (χ2v) is 5.94. The molecule has 108 valence electrons. The monoisotopic (exact) mass is 272 g/mol. The summed E-state index contributed by atoms with van der Waals surface area (Å²) in [7, 11) is 0. The van der Waals surface area contributed by atoms with Crippen molar-refractivity contribution >= 4 is 5.65 Å². The van der Waals surface area contributed by atoms with E-state index in [0.29, 0.717) is 12.1 Å². The number of piperidine rings is 1. The van der Waals surface area contributed by atoms with E-state index in [1.54, 1.807) is 0 Å². The van der Waals surface area contributed by atoms with E-state index >= 15 is 0 Å². The van der Waals surface area contributed by atoms with Crippen molar-refractivity contribution in [2.75, 3.05) is 0 Å². The third kappa shape index (κ3) is 2.45. The zero-order chi connectivity index (χ0) is 14.1. The maximum atomic E-state index is 4.62. The first kappa shape index (κ1) is 13.6. The van der Waals surface area contributed by atoms with Crippen molar-refractivity contribution in [3.8, 4) is 0 Å². The highest BCUT2D eigenvalue weighted by Crippen LogP contribution is 2.21. The van der Waals surface area contributed by atoms with Crippen LogP contribution >= 0.6 is 0 Å². The number of hydrazine groups is 1. The molecule has 3 heterocycles. The molecule has 1 saturated heterocycles. The maximum absolute atomic E-state index is 4.62. The molecule has 0 saturated carbocycles. The van der Waals surface area contributed by atoms with Gasteiger partial charge in [0.15, 0.2) is 0 Å². The third-order valence-electron chi connectivity index (χ3n) is 4.45. The van der Waals surface area contributed by atoms with Crippen LogP contribution in [-0.4, -0.2) is 26.5 Å². The molecule has 4 nitrogen and oxygen atoms in total. The minimum atomic E-state index is 0.609. The smallest absolute Gasteiger partial charge is 0.137 e. The van der Waals surface area contributed by atoms with Gasteiger partial charge in [0.2, 0.25) is 0 Å². The van der Waals surface area contributed by atoms with Crippen LogP contribution in [-0.2, 0) is 6.54 Å². The van der Waals surface area contributed by atoms with Crippen molar-refractivity contribution in [3.05, 3.63) is 35.8 Å². The first-order chi connectivity index (χ1) is 9.66. The van der Waals surface area contributed by atoms with E-state index < -0.39 is 0 Å². The Morgan fingerprint density at radius 1 is 1.25 bits per heavy atom. The molecule has 4 heteroatoms. The Labute approximate surface area is 120 Å². The average Bonchev–Trinajstić information content (AvgIpc) is 2.74. The van der Waals surface area contributed by atoms with E-state index in [9.17, 15) is 0 Å². The lowest BCUT2D eigenvalue weighted by Crippen LogP contribution is -2.51. The predicted octanol–water partition coefficient (Wildman–Crippen LogP) is 2.91. The fourth-order valence-electron chi connectivity index (χ4n) is 3.28. The van der Waals surface area contributed by atoms with Gasteiger partial charge in [-0.1, -0.05) is 12.5 Å². The average molecular weight is 272 g/mol. The summed E-state index contributed by atoms with van der Waals surface area (Å²) >= 11 is 0. The second-order valence-electron chi connectivity index (χ2n) is 5.94. The first-order valence-corrected chi connectivity index (χ1v) is 7.61. The molecule has 1 N–H and O–H groups in total. The van der Waals surface area contributed by atoms with Crippen LogP contribution < -0.4 is 5.43 Å². The molecular weight excluding hydrogens is 248 g/mol. The van der Waals surface area contributed by atoms with Gasteiger partial charge in [0.25, 0.3) is 0 Å². The van der Waals surface area contributed by atoms with E-state index in [-0.39, 0.29) is 0 Å². The van der Waals surface area contributed by atoms with Crippen molar-refractivity contribution in [2.24, 2.45) is 0 Å². The number of hydrogen-bond acceptors (Lipinski definition) is 3. The molecule has 1 fully saturated rings. The molecule has 0 bridgehead atoms. The molecular formula is C16H24N4. The summed E-state index contributed by atoms with van der Waals surface area (Å²) in [6, 6.07) is 7.37. The Bertz CT molecular complexity index is 579. The largest absolute Gasteiger partial charge is 0.302 e. The number of rotatable bonds is 3. The molecule has 2 atom stereocenters. The molecule has 2 unspecified atom stereocenters. The Morgan fingerprint density at radius 2 is 2.00 bits per heavy atom. The summed E-state index contributed by atoms with van der Waals surface area (Å²) in [6.45, 7) is 7.55. The van der Waals surface area contributed by atoms with Gasteiger partial charge >= 0.3 is 0 Å². The predicted molar refractivity (Wildman–Crippen MR) is 81.4 cm³/mol. The van der Waals surface area contributed by atoms with Crippen LogP contribution in [0.1, 0.15) is 44.5 Å². The molecule has 0 amide bonds. The van der Waals surface area contributed by atoms with Crippen LogP contribution in [0.15, 0.2) is 24.4 Å². The topological polar surface area (TPSA) is 32.6 Å². The van der Waals surface area contributed by atoms with Gasteiger partial charge in [-0.15, -0.1) is 0 Å². The summed E-state index contributed by atoms with van der Waals surface area (Å²) in [6.07, 6.45) is 6.00. The Balaban J connectivity index is 1.78. The van der Waals surface area contributed by atoms with Gasteiger partial charge in [-0.3, -0.25) is 0 Å². The third-order valence-corrected chi connectivity index (χ3v) is 4.45. The van der Waals surface area contributed by atoms with Crippen LogP contribution in [0.25, 0.3) is 5.65 Å². The Morgan fingerprint density at radius 3 is 2.75 bits per heavy atom. The van der Waals surface area contributed by atoms with Crippen molar-refractivity contribution in [2.45, 2.75) is 58.7 Å². The van der Waals surface area contributed by atoms with Gasteiger partial charge in [-0.05, 0) is 45.7 Å². The summed E-state index contributed by atoms with van der Waals surface area (Å²) in [4.78, 5) is 4.62. The number of aromatic nitrogens is 2. The van der Waals surface area contributed by atoms with Crippen LogP contribution in [0.2, 0.25) is 0 Å². The Hall–Kier alpha value is -1.39. The number of nitrogens with one attached hydrogen (secondary N) is 1. The molecule has 1 aliphatic heterocycles. The van der Waals surface area contributed by atoms with Crippen molar-refractivity contribution < 1.29 is 0 Å². The van der Waals surface area contributed by atoms with Gasteiger partial charge in [-0.2, -0.15) is 0 Å². The molecule has 0 aliphatic carbocycles. The zero-order valence-electron chi connectivity index (χ0n) is 12.6. The summed E-state index contributed by atoms with van der Waals surface area (Å²) in [5.41, 5.74) is 7.03. The minimum absolute atomic E-state index is 0.609. The lowest BCUT2D eigenvalue weighted by Gasteiger charge is -2.39. The van der Waals surface area contributed by atoms with Crippen LogP contribution in [0, 0.1) is 6.92 Å². The molecule has 2 aromatic heterocycles. The van der Waals surface area contributed by atoms with Gasteiger partial charge in [0.1, 0.15) is 5.65 Å². The Kier molecular flexibility index (Phi) is 3.76. The number of fused-ring (bicyclic) bond motifs is 1. The van der Waals surface area contributed by atoms with Gasteiger partial charge in [-0.25, -0.2) is 15.4 Å². The summed E-state index contributed by atoms with van der Waals surface area (Å²) in [5, 5.41) is 2.42. The van der Waals surface area contributed by atoms with Crippen molar-refractivity contribution in [3.63, 3.8) is 0 Å². The van der Waals surface area contributed by atoms with E-state index in [4.69, 9.17) is 0 Å². The van der Waals surface area contributed by atoms with E-state index in [2.05, 4.69) is 58.9 Å². The quantitative estimate of drug-likeness (QED) is 0.932. The first-order valence-electron chi connectivity index (χ1n) is 7.61. The number of imidazole rings is 1. The van der Waals surface area contributed by atoms with Crippen molar-refractivity contribution in [1.82, 2.24) is 19.8 Å². The SMILES string of the molecule is Cc1nc2ccccn2c1CNN1C(C)CCCC1C. The fourth-order valence-corrected chi connectivity index (χ4v) is 3.28. The number of pyridine rings is 1. The summed E-state index contributed by atoms with van der Waals surface area (Å²) in [5.74, 6) is 0. The highest BCUT2D eigenvalue weighted by Gasteiger charge is 2.24. The normalized spacial score (nSPS) is 24.4. The lowest BCUT2D eigenvalue weighted by atomic mass is 10.00. The molecule has 3 rings (SSSR count). The molecule has 0 spiro atoms. The standard InChI is InChI=1S/C16H24N4/c1-12-7-6-8-13(2)20(12)17-11-15-14(3)18-16-9-4-5-10-19(15)16/h4-5,9-10,12-13,17H,6-8,11H2,1-3H3. The van der Waals surface area contributed by atoms with E-state index in [0.717, 1.165) is 17.9 Å². The second kappa shape index (κ2) is 5.54. The molecule has 2 aromatic rings. The van der Waals surface area contributed by atoms with Gasteiger partial charge < -0.3 is 4.40 Å². The molecule has 1 aliphatic rings. The highest BCUT2D eigenvalue weighted by molar-refractivity contribution is 5.42. The van der Waals surface area contributed by atoms with Gasteiger partial charge in [0, 0.05) is 18.3 Å². The van der Waals surface area contributed by atoms with Gasteiger partial charge in [0.05, 0.1) is 17.9 Å². The van der Waals surface area contributed by atoms with Crippen molar-refractivity contribution in [1.29, 1.82) is 0 Å². The number of nitrogens with zero attached hydrogens (tertiary/aromatic N) is 3. The lowest BCUT2D eigenvalue weighted by molar-refractivity contribution is 0.0429. The van der Waals surface area contributed by atoms with E-state index in [1.807, 2.05) is 6.07 Å². The summed E-state index contributed by atoms with van der Waals surface area (Å²) < 4.78 is 2.18. The minimum Gasteiger partial charge on any atom is -0.302 e. The zero-order valence-corrected chi connectivity index (χ0v) is 12.6. The fraction of sp³-hybridized carbons (Fsp3) is 0.562.